The summed E-state index contributed by atoms with van der Waals surface area (Å²) in [6.07, 6.45) is 0. The quantitative estimate of drug-likeness (QED) is 0.920. The van der Waals surface area contributed by atoms with Crippen molar-refractivity contribution in [3.8, 4) is 5.75 Å². The number of amides is 1. The van der Waals surface area contributed by atoms with Crippen LogP contribution in [0.1, 0.15) is 16.7 Å². The van der Waals surface area contributed by atoms with Gasteiger partial charge in [-0.1, -0.05) is 24.3 Å². The van der Waals surface area contributed by atoms with Crippen LogP contribution in [0.25, 0.3) is 0 Å². The van der Waals surface area contributed by atoms with Gasteiger partial charge in [-0.2, -0.15) is 0 Å². The SMILES string of the molecule is Cc1ccc(NC(=O)COc2ccccc2C)cc1C. The lowest BCUT2D eigenvalue weighted by atomic mass is 10.1. The van der Waals surface area contributed by atoms with Gasteiger partial charge in [0.25, 0.3) is 5.91 Å². The van der Waals surface area contributed by atoms with Crippen molar-refractivity contribution in [1.82, 2.24) is 0 Å². The fraction of sp³-hybridized carbons (Fsp3) is 0.235. The van der Waals surface area contributed by atoms with Crippen molar-refractivity contribution < 1.29 is 9.53 Å². The van der Waals surface area contributed by atoms with E-state index in [2.05, 4.69) is 5.32 Å². The van der Waals surface area contributed by atoms with Crippen molar-refractivity contribution in [2.45, 2.75) is 20.8 Å². The molecule has 2 aromatic carbocycles. The van der Waals surface area contributed by atoms with E-state index < -0.39 is 0 Å². The van der Waals surface area contributed by atoms with E-state index >= 15 is 0 Å². The van der Waals surface area contributed by atoms with Crippen LogP contribution in [0.2, 0.25) is 0 Å². The van der Waals surface area contributed by atoms with Gasteiger partial charge in [-0.15, -0.1) is 0 Å². The van der Waals surface area contributed by atoms with Gasteiger partial charge in [-0.05, 0) is 55.7 Å². The number of carbonyl (C=O) groups excluding carboxylic acids is 1. The zero-order valence-corrected chi connectivity index (χ0v) is 12.1. The zero-order valence-electron chi connectivity index (χ0n) is 12.1. The molecule has 0 spiro atoms. The predicted octanol–water partition coefficient (Wildman–Crippen LogP) is 3.63. The lowest BCUT2D eigenvalue weighted by Gasteiger charge is -2.10. The van der Waals surface area contributed by atoms with E-state index in [1.54, 1.807) is 0 Å². The van der Waals surface area contributed by atoms with Crippen molar-refractivity contribution in [2.75, 3.05) is 11.9 Å². The van der Waals surface area contributed by atoms with Gasteiger partial charge < -0.3 is 10.1 Å². The first-order valence-electron chi connectivity index (χ1n) is 6.62. The number of hydrogen-bond acceptors (Lipinski definition) is 2. The Kier molecular flexibility index (Phi) is 4.41. The molecule has 0 heterocycles. The molecule has 0 fully saturated rings. The number of hydrogen-bond donors (Lipinski definition) is 1. The lowest BCUT2D eigenvalue weighted by Crippen LogP contribution is -2.20. The molecule has 104 valence electrons. The highest BCUT2D eigenvalue weighted by atomic mass is 16.5. The predicted molar refractivity (Wildman–Crippen MR) is 81.2 cm³/mol. The molecule has 2 rings (SSSR count). The normalized spacial score (nSPS) is 10.2. The molecule has 0 unspecified atom stereocenters. The third kappa shape index (κ3) is 3.60. The van der Waals surface area contributed by atoms with Gasteiger partial charge in [-0.25, -0.2) is 0 Å². The molecule has 3 nitrogen and oxygen atoms in total. The highest BCUT2D eigenvalue weighted by molar-refractivity contribution is 5.92. The minimum absolute atomic E-state index is 0.0117. The Labute approximate surface area is 119 Å². The van der Waals surface area contributed by atoms with Crippen LogP contribution >= 0.6 is 0 Å². The fourth-order valence-electron chi connectivity index (χ4n) is 1.88. The molecule has 1 N–H and O–H groups in total. The van der Waals surface area contributed by atoms with Crippen LogP contribution in [0.5, 0.6) is 5.75 Å². The van der Waals surface area contributed by atoms with Gasteiger partial charge >= 0.3 is 0 Å². The number of anilines is 1. The van der Waals surface area contributed by atoms with Gasteiger partial charge in [0.1, 0.15) is 5.75 Å². The number of aryl methyl sites for hydroxylation is 3. The highest BCUT2D eigenvalue weighted by Crippen LogP contribution is 2.17. The molecular formula is C17H19NO2. The highest BCUT2D eigenvalue weighted by Gasteiger charge is 2.05. The van der Waals surface area contributed by atoms with Gasteiger partial charge in [0.2, 0.25) is 0 Å². The minimum Gasteiger partial charge on any atom is -0.483 e. The maximum atomic E-state index is 11.9. The number of rotatable bonds is 4. The molecule has 0 bridgehead atoms. The second-order valence-electron chi connectivity index (χ2n) is 4.90. The molecule has 0 aliphatic heterocycles. The number of para-hydroxylation sites is 1. The Morgan fingerprint density at radius 2 is 1.75 bits per heavy atom. The van der Waals surface area contributed by atoms with Crippen LogP contribution < -0.4 is 10.1 Å². The van der Waals surface area contributed by atoms with Crippen molar-refractivity contribution in [1.29, 1.82) is 0 Å². The molecular weight excluding hydrogens is 250 g/mol. The van der Waals surface area contributed by atoms with Gasteiger partial charge in [-0.3, -0.25) is 4.79 Å². The van der Waals surface area contributed by atoms with Gasteiger partial charge in [0, 0.05) is 5.69 Å². The first-order chi connectivity index (χ1) is 9.56. The second-order valence-corrected chi connectivity index (χ2v) is 4.90. The average Bonchev–Trinajstić information content (AvgIpc) is 2.42. The van der Waals surface area contributed by atoms with Crippen LogP contribution in [0.15, 0.2) is 42.5 Å². The average molecular weight is 269 g/mol. The van der Waals surface area contributed by atoms with Crippen LogP contribution in [0, 0.1) is 20.8 Å². The summed E-state index contributed by atoms with van der Waals surface area (Å²) in [4.78, 5) is 11.9. The number of benzene rings is 2. The topological polar surface area (TPSA) is 38.3 Å². The van der Waals surface area contributed by atoms with E-state index in [1.807, 2.05) is 63.2 Å². The Bertz CT molecular complexity index is 620. The largest absolute Gasteiger partial charge is 0.483 e. The van der Waals surface area contributed by atoms with E-state index in [1.165, 1.54) is 5.56 Å². The molecule has 1 amide bonds. The number of carbonyl (C=O) groups is 1. The van der Waals surface area contributed by atoms with E-state index in [9.17, 15) is 4.79 Å². The first-order valence-corrected chi connectivity index (χ1v) is 6.62. The summed E-state index contributed by atoms with van der Waals surface area (Å²) < 4.78 is 5.51. The summed E-state index contributed by atoms with van der Waals surface area (Å²) in [5.41, 5.74) is 4.18. The Hall–Kier alpha value is -2.29. The first kappa shape index (κ1) is 14.1. The summed E-state index contributed by atoms with van der Waals surface area (Å²) >= 11 is 0. The summed E-state index contributed by atoms with van der Waals surface area (Å²) in [5, 5.41) is 2.84. The molecule has 2 aromatic rings. The van der Waals surface area contributed by atoms with Gasteiger partial charge in [0.05, 0.1) is 0 Å². The molecule has 0 aliphatic carbocycles. The van der Waals surface area contributed by atoms with E-state index in [0.717, 1.165) is 22.6 Å². The summed E-state index contributed by atoms with van der Waals surface area (Å²) in [6.45, 7) is 6.03. The molecule has 0 aromatic heterocycles. The molecule has 0 radical (unpaired) electrons. The smallest absolute Gasteiger partial charge is 0.262 e. The number of ether oxygens (including phenoxy) is 1. The van der Waals surface area contributed by atoms with Crippen molar-refractivity contribution in [3.63, 3.8) is 0 Å². The molecule has 0 saturated heterocycles. The fourth-order valence-corrected chi connectivity index (χ4v) is 1.88. The van der Waals surface area contributed by atoms with Crippen LogP contribution in [0.4, 0.5) is 5.69 Å². The maximum absolute atomic E-state index is 11.9. The summed E-state index contributed by atoms with van der Waals surface area (Å²) in [7, 11) is 0. The van der Waals surface area contributed by atoms with E-state index in [4.69, 9.17) is 4.74 Å². The monoisotopic (exact) mass is 269 g/mol. The third-order valence-corrected chi connectivity index (χ3v) is 3.24. The zero-order chi connectivity index (χ0) is 14.5. The number of nitrogens with one attached hydrogen (secondary N) is 1. The lowest BCUT2D eigenvalue weighted by molar-refractivity contribution is -0.118. The summed E-state index contributed by atoms with van der Waals surface area (Å²) in [6, 6.07) is 13.5. The van der Waals surface area contributed by atoms with Crippen LogP contribution in [-0.2, 0) is 4.79 Å². The molecule has 0 atom stereocenters. The molecule has 20 heavy (non-hydrogen) atoms. The second kappa shape index (κ2) is 6.24. The standard InChI is InChI=1S/C17H19NO2/c1-12-8-9-15(10-14(12)3)18-17(19)11-20-16-7-5-4-6-13(16)2/h4-10H,11H2,1-3H3,(H,18,19). The van der Waals surface area contributed by atoms with Crippen LogP contribution in [-0.4, -0.2) is 12.5 Å². The van der Waals surface area contributed by atoms with Crippen molar-refractivity contribution >= 4 is 11.6 Å². The minimum atomic E-state index is -0.156. The Morgan fingerprint density at radius 3 is 2.45 bits per heavy atom. The van der Waals surface area contributed by atoms with E-state index in [-0.39, 0.29) is 12.5 Å². The molecule has 3 heteroatoms. The third-order valence-electron chi connectivity index (χ3n) is 3.24. The Morgan fingerprint density at radius 1 is 1.00 bits per heavy atom. The Balaban J connectivity index is 1.93. The van der Waals surface area contributed by atoms with Crippen LogP contribution in [0.3, 0.4) is 0 Å². The van der Waals surface area contributed by atoms with Crippen molar-refractivity contribution in [2.24, 2.45) is 0 Å². The van der Waals surface area contributed by atoms with Gasteiger partial charge in [0.15, 0.2) is 6.61 Å². The van der Waals surface area contributed by atoms with E-state index in [0.29, 0.717) is 0 Å². The molecule has 0 aliphatic rings. The maximum Gasteiger partial charge on any atom is 0.262 e. The van der Waals surface area contributed by atoms with Crippen molar-refractivity contribution in [3.05, 3.63) is 59.2 Å². The molecule has 0 saturated carbocycles. The summed E-state index contributed by atoms with van der Waals surface area (Å²) in [5.74, 6) is 0.583.